The van der Waals surface area contributed by atoms with Crippen LogP contribution in [-0.4, -0.2) is 63.3 Å². The van der Waals surface area contributed by atoms with Crippen molar-refractivity contribution in [3.05, 3.63) is 96.1 Å². The summed E-state index contributed by atoms with van der Waals surface area (Å²) in [5.41, 5.74) is 0.310. The second-order valence-electron chi connectivity index (χ2n) is 4.95. The molecular formula is C20H14KO4. The molecule has 0 unspecified atom stereocenters. The van der Waals surface area contributed by atoms with Gasteiger partial charge in [-0.2, -0.15) is 0 Å². The van der Waals surface area contributed by atoms with Crippen LogP contribution in [0, 0.1) is 0 Å². The first-order chi connectivity index (χ1) is 11.7. The van der Waals surface area contributed by atoms with Gasteiger partial charge in [0.15, 0.2) is 0 Å². The molecule has 0 spiro atoms. The molecule has 0 fully saturated rings. The van der Waals surface area contributed by atoms with Crippen LogP contribution in [0.15, 0.2) is 84.9 Å². The zero-order valence-corrected chi connectivity index (χ0v) is 16.8. The predicted molar refractivity (Wildman–Crippen MR) is 95.0 cm³/mol. The Labute approximate surface area is 188 Å². The van der Waals surface area contributed by atoms with E-state index in [0.717, 1.165) is 0 Å². The molecular weight excluding hydrogens is 343 g/mol. The minimum atomic E-state index is -0.609. The molecule has 0 saturated carbocycles. The summed E-state index contributed by atoms with van der Waals surface area (Å²) in [4.78, 5) is 24.7. The Balaban J connectivity index is 0.00000225. The zero-order valence-electron chi connectivity index (χ0n) is 13.7. The van der Waals surface area contributed by atoms with E-state index in [0.29, 0.717) is 11.5 Å². The first kappa shape index (κ1) is 19.6. The maximum atomic E-state index is 12.4. The van der Waals surface area contributed by atoms with Crippen LogP contribution in [0.5, 0.6) is 11.5 Å². The Bertz CT molecular complexity index is 775. The fraction of sp³-hybridized carbons (Fsp3) is 0. The molecule has 0 aliphatic heterocycles. The first-order valence-corrected chi connectivity index (χ1v) is 7.37. The Morgan fingerprint density at radius 1 is 0.520 bits per heavy atom. The van der Waals surface area contributed by atoms with Crippen molar-refractivity contribution in [1.29, 1.82) is 0 Å². The van der Waals surface area contributed by atoms with Crippen molar-refractivity contribution in [2.24, 2.45) is 0 Å². The van der Waals surface area contributed by atoms with Gasteiger partial charge in [0.25, 0.3) is 0 Å². The van der Waals surface area contributed by atoms with Gasteiger partial charge in [0, 0.05) is 51.4 Å². The molecule has 25 heavy (non-hydrogen) atoms. The summed E-state index contributed by atoms with van der Waals surface area (Å²) in [6.45, 7) is 0. The minimum absolute atomic E-state index is 0. The van der Waals surface area contributed by atoms with Gasteiger partial charge in [-0.25, -0.2) is 9.59 Å². The van der Waals surface area contributed by atoms with Crippen molar-refractivity contribution < 1.29 is 19.1 Å². The molecule has 0 bridgehead atoms. The van der Waals surface area contributed by atoms with Crippen LogP contribution in [0.3, 0.4) is 0 Å². The normalized spacial score (nSPS) is 9.60. The maximum Gasteiger partial charge on any atom is 0.344 e. The van der Waals surface area contributed by atoms with E-state index in [-0.39, 0.29) is 62.5 Å². The number of hydrogen-bond acceptors (Lipinski definition) is 4. The first-order valence-electron chi connectivity index (χ1n) is 7.37. The van der Waals surface area contributed by atoms with Crippen LogP contribution in [0.4, 0.5) is 0 Å². The standard InChI is InChI=1S/C20H14O4.K/c21-19(23-15-9-3-1-4-10-15)17-13-7-8-14-18(17)20(22)24-16-11-5-2-6-12-16;/h1-14H;. The van der Waals surface area contributed by atoms with Crippen LogP contribution in [-0.2, 0) is 0 Å². The number of benzene rings is 3. The second-order valence-corrected chi connectivity index (χ2v) is 4.95. The fourth-order valence-corrected chi connectivity index (χ4v) is 2.14. The number of carbonyl (C=O) groups excluding carboxylic acids is 2. The average molecular weight is 357 g/mol. The van der Waals surface area contributed by atoms with Crippen molar-refractivity contribution in [3.8, 4) is 11.5 Å². The summed E-state index contributed by atoms with van der Waals surface area (Å²) in [5.74, 6) is -0.397. The van der Waals surface area contributed by atoms with E-state index in [1.165, 1.54) is 12.1 Å². The van der Waals surface area contributed by atoms with E-state index >= 15 is 0 Å². The van der Waals surface area contributed by atoms with Crippen molar-refractivity contribution in [1.82, 2.24) is 0 Å². The topological polar surface area (TPSA) is 52.6 Å². The molecule has 0 aliphatic carbocycles. The molecule has 0 heterocycles. The largest absolute Gasteiger partial charge is 0.423 e. The molecule has 5 heteroatoms. The number of para-hydroxylation sites is 2. The van der Waals surface area contributed by atoms with Gasteiger partial charge < -0.3 is 9.47 Å². The van der Waals surface area contributed by atoms with E-state index in [2.05, 4.69) is 0 Å². The predicted octanol–water partition coefficient (Wildman–Crippen LogP) is 3.74. The van der Waals surface area contributed by atoms with Gasteiger partial charge in [0.1, 0.15) is 11.5 Å². The summed E-state index contributed by atoms with van der Waals surface area (Å²) in [7, 11) is 0. The second kappa shape index (κ2) is 9.65. The Morgan fingerprint density at radius 2 is 0.840 bits per heavy atom. The van der Waals surface area contributed by atoms with E-state index in [1.807, 2.05) is 12.1 Å². The van der Waals surface area contributed by atoms with E-state index in [9.17, 15) is 9.59 Å². The van der Waals surface area contributed by atoms with Gasteiger partial charge in [-0.05, 0) is 36.4 Å². The van der Waals surface area contributed by atoms with Crippen molar-refractivity contribution in [3.63, 3.8) is 0 Å². The van der Waals surface area contributed by atoms with E-state index in [4.69, 9.17) is 9.47 Å². The van der Waals surface area contributed by atoms with Crippen LogP contribution in [0.1, 0.15) is 20.7 Å². The summed E-state index contributed by atoms with van der Waals surface area (Å²) in [6.07, 6.45) is 0. The van der Waals surface area contributed by atoms with Crippen LogP contribution < -0.4 is 9.47 Å². The van der Waals surface area contributed by atoms with Crippen LogP contribution >= 0.6 is 0 Å². The third-order valence-corrected chi connectivity index (χ3v) is 3.27. The minimum Gasteiger partial charge on any atom is -0.423 e. The Hall–Kier alpha value is -1.76. The molecule has 3 rings (SSSR count). The SMILES string of the molecule is O=C(Oc1ccccc1)c1ccccc1C(=O)Oc1ccccc1.[K]. The van der Waals surface area contributed by atoms with Crippen molar-refractivity contribution in [2.45, 2.75) is 0 Å². The molecule has 0 N–H and O–H groups in total. The molecule has 3 aromatic rings. The molecule has 0 aromatic heterocycles. The molecule has 0 aliphatic rings. The van der Waals surface area contributed by atoms with Crippen LogP contribution in [0.25, 0.3) is 0 Å². The number of rotatable bonds is 4. The van der Waals surface area contributed by atoms with E-state index < -0.39 is 11.9 Å². The van der Waals surface area contributed by atoms with Crippen molar-refractivity contribution in [2.75, 3.05) is 0 Å². The summed E-state index contributed by atoms with van der Waals surface area (Å²) in [5, 5.41) is 0. The average Bonchev–Trinajstić information content (AvgIpc) is 2.63. The molecule has 119 valence electrons. The number of ether oxygens (including phenoxy) is 2. The summed E-state index contributed by atoms with van der Waals surface area (Å²) >= 11 is 0. The molecule has 3 aromatic carbocycles. The van der Waals surface area contributed by atoms with Gasteiger partial charge in [0.2, 0.25) is 0 Å². The molecule has 1 radical (unpaired) electrons. The van der Waals surface area contributed by atoms with Gasteiger partial charge >= 0.3 is 11.9 Å². The monoisotopic (exact) mass is 357 g/mol. The van der Waals surface area contributed by atoms with Gasteiger partial charge in [0.05, 0.1) is 11.1 Å². The quantitative estimate of drug-likeness (QED) is 0.405. The molecule has 0 atom stereocenters. The van der Waals surface area contributed by atoms with E-state index in [1.54, 1.807) is 60.7 Å². The summed E-state index contributed by atoms with van der Waals surface area (Å²) in [6, 6.07) is 23.8. The third kappa shape index (κ3) is 5.36. The van der Waals surface area contributed by atoms with Gasteiger partial charge in [-0.1, -0.05) is 48.5 Å². The number of hydrogen-bond donors (Lipinski definition) is 0. The smallest absolute Gasteiger partial charge is 0.344 e. The van der Waals surface area contributed by atoms with Crippen LogP contribution in [0.2, 0.25) is 0 Å². The number of esters is 2. The van der Waals surface area contributed by atoms with Crippen molar-refractivity contribution >= 4 is 63.3 Å². The maximum absolute atomic E-state index is 12.4. The third-order valence-electron chi connectivity index (χ3n) is 3.27. The molecule has 4 nitrogen and oxygen atoms in total. The number of carbonyl (C=O) groups is 2. The molecule has 0 saturated heterocycles. The Kier molecular flexibility index (Phi) is 7.55. The Morgan fingerprint density at radius 3 is 1.20 bits per heavy atom. The zero-order chi connectivity index (χ0) is 16.8. The fourth-order valence-electron chi connectivity index (χ4n) is 2.14. The summed E-state index contributed by atoms with van der Waals surface area (Å²) < 4.78 is 10.6. The van der Waals surface area contributed by atoms with Gasteiger partial charge in [-0.3, -0.25) is 0 Å². The van der Waals surface area contributed by atoms with Gasteiger partial charge in [-0.15, -0.1) is 0 Å². The molecule has 0 amide bonds.